The van der Waals surface area contributed by atoms with Crippen molar-refractivity contribution in [2.75, 3.05) is 5.32 Å². The highest BCUT2D eigenvalue weighted by molar-refractivity contribution is 6.31. The minimum atomic E-state index is -1.26. The first-order valence-electron chi connectivity index (χ1n) is 13.6. The smallest absolute Gasteiger partial charge is 0.246 e. The molecule has 1 saturated carbocycles. The van der Waals surface area contributed by atoms with Crippen molar-refractivity contribution in [3.63, 3.8) is 0 Å². The third kappa shape index (κ3) is 4.53. The lowest BCUT2D eigenvalue weighted by molar-refractivity contribution is -0.142. The zero-order valence-corrected chi connectivity index (χ0v) is 22.4. The van der Waals surface area contributed by atoms with Crippen LogP contribution >= 0.6 is 11.6 Å². The van der Waals surface area contributed by atoms with Crippen molar-refractivity contribution in [3.8, 4) is 0 Å². The van der Waals surface area contributed by atoms with E-state index in [9.17, 15) is 18.8 Å². The number of carbonyl (C=O) groups is 3. The Morgan fingerprint density at radius 2 is 1.85 bits per heavy atom. The number of anilines is 1. The van der Waals surface area contributed by atoms with E-state index >= 15 is 0 Å². The summed E-state index contributed by atoms with van der Waals surface area (Å²) in [5.74, 6) is -3.03. The van der Waals surface area contributed by atoms with E-state index in [1.165, 1.54) is 17.0 Å². The molecule has 9 heteroatoms. The lowest BCUT2D eigenvalue weighted by Gasteiger charge is -2.34. The number of benzene rings is 2. The SMILES string of the molecule is Cc1ccc(NC(=O)[C@H]2[C@H]3C=C[C@@]4(O3)[C@H]2C(=O)N(Cc2ccc(F)cc2)[C@@H]4C(=O)NC2CCCCC2)cc1Cl. The van der Waals surface area contributed by atoms with E-state index in [0.717, 1.165) is 37.7 Å². The summed E-state index contributed by atoms with van der Waals surface area (Å²) in [6.07, 6.45) is 7.98. The molecular formula is C30H31ClFN3O4. The molecule has 0 unspecified atom stereocenters. The maximum Gasteiger partial charge on any atom is 0.246 e. The molecule has 2 aromatic carbocycles. The van der Waals surface area contributed by atoms with E-state index in [4.69, 9.17) is 16.3 Å². The summed E-state index contributed by atoms with van der Waals surface area (Å²) < 4.78 is 20.0. The Labute approximate surface area is 231 Å². The topological polar surface area (TPSA) is 87.7 Å². The van der Waals surface area contributed by atoms with Gasteiger partial charge in [0.2, 0.25) is 17.7 Å². The van der Waals surface area contributed by atoms with Crippen molar-refractivity contribution in [3.05, 3.63) is 76.6 Å². The number of carbonyl (C=O) groups excluding carboxylic acids is 3. The number of likely N-dealkylation sites (tertiary alicyclic amines) is 1. The molecule has 1 aliphatic carbocycles. The maximum absolute atomic E-state index is 14.1. The van der Waals surface area contributed by atoms with E-state index in [1.807, 2.05) is 13.0 Å². The minimum Gasteiger partial charge on any atom is -0.359 e. The Balaban J connectivity index is 1.32. The van der Waals surface area contributed by atoms with Gasteiger partial charge in [0.15, 0.2) is 0 Å². The Kier molecular flexibility index (Phi) is 6.71. The van der Waals surface area contributed by atoms with Crippen LogP contribution in [0.2, 0.25) is 5.02 Å². The summed E-state index contributed by atoms with van der Waals surface area (Å²) in [5.41, 5.74) is 0.837. The second-order valence-electron chi connectivity index (χ2n) is 11.1. The Hall–Kier alpha value is -3.23. The van der Waals surface area contributed by atoms with Crippen LogP contribution in [-0.2, 0) is 25.7 Å². The molecule has 3 amide bonds. The van der Waals surface area contributed by atoms with Gasteiger partial charge in [-0.1, -0.05) is 61.2 Å². The van der Waals surface area contributed by atoms with E-state index < -0.39 is 29.6 Å². The number of ether oxygens (including phenoxy) is 1. The van der Waals surface area contributed by atoms with E-state index in [2.05, 4.69) is 10.6 Å². The number of rotatable bonds is 6. The third-order valence-corrected chi connectivity index (χ3v) is 8.99. The quantitative estimate of drug-likeness (QED) is 0.517. The number of hydrogen-bond acceptors (Lipinski definition) is 4. The number of nitrogens with zero attached hydrogens (tertiary/aromatic N) is 1. The highest BCUT2D eigenvalue weighted by atomic mass is 35.5. The highest BCUT2D eigenvalue weighted by Crippen LogP contribution is 2.55. The predicted octanol–water partition coefficient (Wildman–Crippen LogP) is 4.53. The first-order valence-corrected chi connectivity index (χ1v) is 13.9. The van der Waals surface area contributed by atoms with Crippen LogP contribution in [0.15, 0.2) is 54.6 Å². The summed E-state index contributed by atoms with van der Waals surface area (Å²) >= 11 is 6.26. The zero-order valence-electron chi connectivity index (χ0n) is 21.7. The normalized spacial score (nSPS) is 29.5. The Bertz CT molecular complexity index is 1340. The predicted molar refractivity (Wildman–Crippen MR) is 144 cm³/mol. The second-order valence-corrected chi connectivity index (χ2v) is 11.5. The van der Waals surface area contributed by atoms with Crippen molar-refractivity contribution in [2.45, 2.75) is 69.4 Å². The van der Waals surface area contributed by atoms with Gasteiger partial charge in [0, 0.05) is 23.3 Å². The average molecular weight is 552 g/mol. The summed E-state index contributed by atoms with van der Waals surface area (Å²) in [6, 6.07) is 10.2. The fourth-order valence-electron chi connectivity index (χ4n) is 6.65. The molecule has 7 nitrogen and oxygen atoms in total. The molecule has 2 N–H and O–H groups in total. The largest absolute Gasteiger partial charge is 0.359 e. The van der Waals surface area contributed by atoms with Gasteiger partial charge in [-0.25, -0.2) is 4.39 Å². The third-order valence-electron chi connectivity index (χ3n) is 8.58. The van der Waals surface area contributed by atoms with Crippen LogP contribution in [0.1, 0.15) is 43.2 Å². The zero-order chi connectivity index (χ0) is 27.3. The standard InChI is InChI=1S/C30H31ClFN3O4/c1-17-7-12-21(15-22(17)31)34-27(36)24-23-13-14-30(39-23)25(24)29(38)35(16-18-8-10-19(32)11-9-18)26(30)28(37)33-20-5-3-2-4-6-20/h7-15,20,23-26H,2-6,16H2,1H3,(H,33,37)(H,34,36)/t23-,24+,25-,26-,30-/m1/s1. The molecule has 39 heavy (non-hydrogen) atoms. The molecule has 204 valence electrons. The molecule has 3 aliphatic heterocycles. The van der Waals surface area contributed by atoms with Gasteiger partial charge in [0.1, 0.15) is 17.5 Å². The highest BCUT2D eigenvalue weighted by Gasteiger charge is 2.72. The lowest BCUT2D eigenvalue weighted by Crippen LogP contribution is -2.56. The van der Waals surface area contributed by atoms with Crippen LogP contribution in [0.3, 0.4) is 0 Å². The van der Waals surface area contributed by atoms with Gasteiger partial charge in [-0.2, -0.15) is 0 Å². The minimum absolute atomic E-state index is 0.0393. The average Bonchev–Trinajstić information content (AvgIpc) is 3.56. The molecule has 1 spiro atoms. The van der Waals surface area contributed by atoms with Crippen LogP contribution in [0.25, 0.3) is 0 Å². The maximum atomic E-state index is 14.1. The van der Waals surface area contributed by atoms with Gasteiger partial charge in [-0.3, -0.25) is 14.4 Å². The van der Waals surface area contributed by atoms with Crippen LogP contribution in [-0.4, -0.2) is 46.4 Å². The molecule has 2 aromatic rings. The summed E-state index contributed by atoms with van der Waals surface area (Å²) in [6.45, 7) is 1.97. The Morgan fingerprint density at radius 3 is 2.56 bits per heavy atom. The second kappa shape index (κ2) is 10.1. The van der Waals surface area contributed by atoms with Crippen LogP contribution < -0.4 is 10.6 Å². The molecule has 4 aliphatic rings. The van der Waals surface area contributed by atoms with Gasteiger partial charge in [0.25, 0.3) is 0 Å². The van der Waals surface area contributed by atoms with Gasteiger partial charge < -0.3 is 20.3 Å². The Morgan fingerprint density at radius 1 is 1.10 bits per heavy atom. The van der Waals surface area contributed by atoms with Crippen molar-refractivity contribution in [1.29, 1.82) is 0 Å². The molecule has 5 atom stereocenters. The summed E-state index contributed by atoms with van der Waals surface area (Å²) in [4.78, 5) is 43.1. The van der Waals surface area contributed by atoms with Gasteiger partial charge in [0.05, 0.1) is 17.9 Å². The molecular weight excluding hydrogens is 521 g/mol. The van der Waals surface area contributed by atoms with E-state index in [0.29, 0.717) is 16.3 Å². The van der Waals surface area contributed by atoms with Crippen molar-refractivity contribution >= 4 is 35.0 Å². The van der Waals surface area contributed by atoms with Crippen molar-refractivity contribution in [1.82, 2.24) is 10.2 Å². The molecule has 2 bridgehead atoms. The van der Waals surface area contributed by atoms with Crippen LogP contribution in [0.4, 0.5) is 10.1 Å². The van der Waals surface area contributed by atoms with E-state index in [1.54, 1.807) is 36.4 Å². The van der Waals surface area contributed by atoms with Gasteiger partial charge in [-0.05, 0) is 55.2 Å². The van der Waals surface area contributed by atoms with Crippen LogP contribution in [0.5, 0.6) is 0 Å². The summed E-state index contributed by atoms with van der Waals surface area (Å²) in [7, 11) is 0. The number of aryl methyl sites for hydroxylation is 1. The van der Waals surface area contributed by atoms with Gasteiger partial charge in [-0.15, -0.1) is 0 Å². The lowest BCUT2D eigenvalue weighted by atomic mass is 9.74. The number of hydrogen-bond donors (Lipinski definition) is 2. The van der Waals surface area contributed by atoms with Crippen molar-refractivity contribution < 1.29 is 23.5 Å². The van der Waals surface area contributed by atoms with Crippen molar-refractivity contribution in [2.24, 2.45) is 11.8 Å². The molecule has 3 fully saturated rings. The number of nitrogens with one attached hydrogen (secondary N) is 2. The molecule has 3 heterocycles. The first kappa shape index (κ1) is 26.0. The number of halogens is 2. The van der Waals surface area contributed by atoms with Gasteiger partial charge >= 0.3 is 0 Å². The molecule has 6 rings (SSSR count). The molecule has 2 saturated heterocycles. The number of amides is 3. The molecule has 0 radical (unpaired) electrons. The summed E-state index contributed by atoms with van der Waals surface area (Å²) in [5, 5.41) is 6.59. The fraction of sp³-hybridized carbons (Fsp3) is 0.433. The van der Waals surface area contributed by atoms with Crippen LogP contribution in [0, 0.1) is 24.6 Å². The molecule has 0 aromatic heterocycles. The fourth-order valence-corrected chi connectivity index (χ4v) is 6.83. The first-order chi connectivity index (χ1) is 18.8. The monoisotopic (exact) mass is 551 g/mol. The van der Waals surface area contributed by atoms with E-state index in [-0.39, 0.29) is 36.1 Å². The number of fused-ring (bicyclic) bond motifs is 1.